The zero-order valence-corrected chi connectivity index (χ0v) is 4.03. The Morgan fingerprint density at radius 2 is 2.33 bits per heavy atom. The smallest absolute Gasteiger partial charge is 0.288 e. The Balaban J connectivity index is 2.34. The van der Waals surface area contributed by atoms with Gasteiger partial charge in [0.15, 0.2) is 0 Å². The minimum absolute atomic E-state index is 0.999. The van der Waals surface area contributed by atoms with Crippen molar-refractivity contribution >= 4 is 20.1 Å². The van der Waals surface area contributed by atoms with Crippen molar-refractivity contribution in [2.24, 2.45) is 0 Å². The molecule has 0 aromatic heterocycles. The molecule has 0 saturated heterocycles. The number of hydrogen-bond donors (Lipinski definition) is 0. The fraction of sp³-hybridized carbons (Fsp3) is 1.00. The molecule has 0 amide bonds. The van der Waals surface area contributed by atoms with Crippen molar-refractivity contribution in [2.45, 2.75) is 0 Å². The van der Waals surface area contributed by atoms with E-state index in [1.807, 2.05) is 0 Å². The first-order valence-electron chi connectivity index (χ1n) is 1.14. The third kappa shape index (κ3) is 4.29. The Bertz CT molecular complexity index is 22.8. The molecule has 0 aliphatic carbocycles. The van der Waals surface area contributed by atoms with Gasteiger partial charge in [0.25, 0.3) is 0 Å². The maximum absolute atomic E-state index is 4.35. The van der Waals surface area contributed by atoms with Crippen LogP contribution in [-0.2, 0) is 14.2 Å². The molecule has 0 aromatic rings. The summed E-state index contributed by atoms with van der Waals surface area (Å²) in [5.74, 6) is 0. The summed E-state index contributed by atoms with van der Waals surface area (Å²) in [5.41, 5.74) is 0. The van der Waals surface area contributed by atoms with Gasteiger partial charge in [-0.2, -0.15) is 0 Å². The first kappa shape index (κ1) is 6.29. The van der Waals surface area contributed by atoms with Crippen molar-refractivity contribution in [2.75, 3.05) is 6.26 Å². The lowest BCUT2D eigenvalue weighted by atomic mass is 10.6. The van der Waals surface area contributed by atoms with Crippen molar-refractivity contribution in [1.29, 1.82) is 0 Å². The Labute approximate surface area is 41.5 Å². The third-order valence-corrected chi connectivity index (χ3v) is 0.327. The van der Waals surface area contributed by atoms with Gasteiger partial charge in [0.2, 0.25) is 0 Å². The second-order valence-electron chi connectivity index (χ2n) is 0.399. The summed E-state index contributed by atoms with van der Waals surface area (Å²) in [6.07, 6.45) is 1.67. The molecule has 0 bridgehead atoms. The fourth-order valence-corrected chi connectivity index (χ4v) is 0.131. The van der Waals surface area contributed by atoms with Crippen molar-refractivity contribution in [3.63, 3.8) is 0 Å². The molecule has 0 spiro atoms. The maximum atomic E-state index is 4.35. The van der Waals surface area contributed by atoms with Crippen LogP contribution in [0.3, 0.4) is 0 Å². The maximum Gasteiger partial charge on any atom is 0.342 e. The molecule has 0 heterocycles. The van der Waals surface area contributed by atoms with E-state index >= 15 is 0 Å². The molecular formula is CH3BO3S. The monoisotopic (exact) mass is 106 g/mol. The van der Waals surface area contributed by atoms with E-state index in [0.29, 0.717) is 0 Å². The lowest BCUT2D eigenvalue weighted by Crippen LogP contribution is -1.83. The van der Waals surface area contributed by atoms with Crippen LogP contribution in [0, 0.1) is 0 Å². The van der Waals surface area contributed by atoms with Crippen molar-refractivity contribution in [3.8, 4) is 0 Å². The van der Waals surface area contributed by atoms with Crippen LogP contribution in [0.5, 0.6) is 0 Å². The molecule has 0 aliphatic heterocycles. The summed E-state index contributed by atoms with van der Waals surface area (Å²) >= 11 is 0.999. The van der Waals surface area contributed by atoms with E-state index in [0.717, 1.165) is 12.0 Å². The molecule has 0 aliphatic rings. The van der Waals surface area contributed by atoms with Crippen LogP contribution >= 0.6 is 12.0 Å². The van der Waals surface area contributed by atoms with Crippen LogP contribution in [0.1, 0.15) is 0 Å². The molecule has 2 radical (unpaired) electrons. The van der Waals surface area contributed by atoms with E-state index in [4.69, 9.17) is 0 Å². The first-order valence-corrected chi connectivity index (χ1v) is 2.29. The van der Waals surface area contributed by atoms with Gasteiger partial charge in [0.1, 0.15) is 0 Å². The average molecular weight is 106 g/mol. The van der Waals surface area contributed by atoms with E-state index < -0.39 is 0 Å². The second kappa shape index (κ2) is 5.29. The largest absolute Gasteiger partial charge is 0.342 e. The van der Waals surface area contributed by atoms with Crippen molar-refractivity contribution in [1.82, 2.24) is 0 Å². The second-order valence-corrected chi connectivity index (χ2v) is 0.868. The Kier molecular flexibility index (Phi) is 5.56. The van der Waals surface area contributed by atoms with E-state index in [2.05, 4.69) is 22.2 Å². The number of hydrogen-bond acceptors (Lipinski definition) is 4. The Hall–Kier alpha value is 0.295. The molecule has 0 unspecified atom stereocenters. The van der Waals surface area contributed by atoms with Gasteiger partial charge in [-0.05, 0) is 0 Å². The van der Waals surface area contributed by atoms with Gasteiger partial charge in [-0.3, -0.25) is 4.81 Å². The lowest BCUT2D eigenvalue weighted by molar-refractivity contribution is -0.404. The van der Waals surface area contributed by atoms with Crippen LogP contribution in [0.25, 0.3) is 0 Å². The van der Waals surface area contributed by atoms with Crippen LogP contribution in [0.2, 0.25) is 0 Å². The zero-order chi connectivity index (χ0) is 4.83. The minimum Gasteiger partial charge on any atom is -0.288 e. The summed E-state index contributed by atoms with van der Waals surface area (Å²) in [5, 5.41) is 3.72. The molecule has 0 rings (SSSR count). The third-order valence-electron chi connectivity index (χ3n) is 0.135. The molecule has 0 aromatic carbocycles. The van der Waals surface area contributed by atoms with E-state index in [-0.39, 0.29) is 0 Å². The first-order chi connectivity index (χ1) is 2.91. The van der Waals surface area contributed by atoms with Gasteiger partial charge in [0.05, 0.1) is 0 Å². The lowest BCUT2D eigenvalue weighted by Gasteiger charge is -1.89. The van der Waals surface area contributed by atoms with Gasteiger partial charge in [-0.15, -0.1) is 4.33 Å². The highest BCUT2D eigenvalue weighted by Gasteiger charge is 1.73. The van der Waals surface area contributed by atoms with E-state index in [1.54, 1.807) is 6.26 Å². The van der Waals surface area contributed by atoms with Gasteiger partial charge >= 0.3 is 8.05 Å². The van der Waals surface area contributed by atoms with E-state index in [9.17, 15) is 0 Å². The van der Waals surface area contributed by atoms with Gasteiger partial charge in [-0.25, -0.2) is 0 Å². The molecule has 6 heavy (non-hydrogen) atoms. The molecule has 0 fully saturated rings. The van der Waals surface area contributed by atoms with Gasteiger partial charge < -0.3 is 0 Å². The van der Waals surface area contributed by atoms with Crippen molar-refractivity contribution < 1.29 is 14.2 Å². The highest BCUT2D eigenvalue weighted by atomic mass is 32.2. The SMILES string of the molecule is [B]OOOSC. The molecule has 0 N–H and O–H groups in total. The summed E-state index contributed by atoms with van der Waals surface area (Å²) in [7, 11) is 4.35. The van der Waals surface area contributed by atoms with E-state index in [1.165, 1.54) is 0 Å². The standard InChI is InChI=1S/CH3BO3S/c1-6-5-4-3-2/h1H3. The molecule has 34 valence electrons. The minimum atomic E-state index is 0.999. The summed E-state index contributed by atoms with van der Waals surface area (Å²) in [6.45, 7) is 0. The molecular weight excluding hydrogens is 103 g/mol. The van der Waals surface area contributed by atoms with Crippen LogP contribution < -0.4 is 0 Å². The average Bonchev–Trinajstić information content (AvgIpc) is 1.61. The highest BCUT2D eigenvalue weighted by molar-refractivity contribution is 7.93. The normalized spacial score (nSPS) is 8.83. The van der Waals surface area contributed by atoms with Crippen LogP contribution in [0.4, 0.5) is 0 Å². The predicted octanol–water partition coefficient (Wildman–Crippen LogP) is 0.228. The molecule has 0 saturated carbocycles. The number of rotatable bonds is 3. The topological polar surface area (TPSA) is 27.7 Å². The molecule has 0 atom stereocenters. The Morgan fingerprint density at radius 1 is 1.67 bits per heavy atom. The summed E-state index contributed by atoms with van der Waals surface area (Å²) in [6, 6.07) is 0. The highest BCUT2D eigenvalue weighted by Crippen LogP contribution is 1.92. The quantitative estimate of drug-likeness (QED) is 0.169. The van der Waals surface area contributed by atoms with Gasteiger partial charge in [-0.1, -0.05) is 5.04 Å². The van der Waals surface area contributed by atoms with Crippen LogP contribution in [0.15, 0.2) is 0 Å². The zero-order valence-electron chi connectivity index (χ0n) is 3.21. The summed E-state index contributed by atoms with van der Waals surface area (Å²) in [4.78, 5) is 3.54. The van der Waals surface area contributed by atoms with Crippen LogP contribution in [-0.4, -0.2) is 14.3 Å². The molecule has 3 nitrogen and oxygen atoms in total. The predicted molar refractivity (Wildman–Crippen MR) is 22.5 cm³/mol. The van der Waals surface area contributed by atoms with Gasteiger partial charge in [0, 0.05) is 18.3 Å². The molecule has 5 heteroatoms. The van der Waals surface area contributed by atoms with Crippen molar-refractivity contribution in [3.05, 3.63) is 0 Å². The fourth-order valence-electron chi connectivity index (χ4n) is 0.0438. The summed E-state index contributed by atoms with van der Waals surface area (Å²) < 4.78 is 4.05. The Morgan fingerprint density at radius 3 is 2.50 bits per heavy atom.